The zero-order valence-corrected chi connectivity index (χ0v) is 45.0. The summed E-state index contributed by atoms with van der Waals surface area (Å²) in [6.07, 6.45) is 0. The summed E-state index contributed by atoms with van der Waals surface area (Å²) in [5.74, 6) is 0. The molecule has 0 amide bonds. The van der Waals surface area contributed by atoms with E-state index in [1.54, 1.807) is 0 Å². The lowest BCUT2D eigenvalue weighted by atomic mass is 9.76. The van der Waals surface area contributed by atoms with Crippen molar-refractivity contribution in [3.8, 4) is 44.5 Å². The maximum Gasteiger partial charge on any atom is 0.0468 e. The molecular weight excluding hydrogens is 957 g/mol. The van der Waals surface area contributed by atoms with Crippen molar-refractivity contribution in [1.82, 2.24) is 0 Å². The number of rotatable bonds is 6. The van der Waals surface area contributed by atoms with E-state index in [1.165, 1.54) is 66.8 Å². The number of nitrogens with zero attached hydrogens (tertiary/aromatic N) is 2. The molecule has 0 radical (unpaired) electrons. The molecule has 0 bridgehead atoms. The Morgan fingerprint density at radius 2 is 0.456 bits per heavy atom. The molecule has 8 aromatic rings. The minimum atomic E-state index is -0.0548. The van der Waals surface area contributed by atoms with Crippen molar-refractivity contribution in [3.05, 3.63) is 201 Å². The SMILES string of the molecule is CC(C)(C)c1ccc(N(c2ccc(Br)cc2)c2ccc3c(c2)-c2cc(C(C)(C)C)ccc2-c2ccc(C(C)(C)C)cc2-c2cc(N(c4ccc(Br)cc4)c4ccc(C(C)(C)C)cc4)ccc2-3)cc1. The Balaban J connectivity index is 1.34. The van der Waals surface area contributed by atoms with Crippen molar-refractivity contribution < 1.29 is 0 Å². The molecule has 0 aliphatic heterocycles. The van der Waals surface area contributed by atoms with E-state index in [2.05, 4.69) is 295 Å². The summed E-state index contributed by atoms with van der Waals surface area (Å²) in [4.78, 5) is 4.81. The maximum absolute atomic E-state index is 3.72. The van der Waals surface area contributed by atoms with Gasteiger partial charge in [-0.25, -0.2) is 0 Å². The van der Waals surface area contributed by atoms with E-state index in [4.69, 9.17) is 0 Å². The first-order valence-electron chi connectivity index (χ1n) is 24.0. The summed E-state index contributed by atoms with van der Waals surface area (Å²) < 4.78 is 2.10. The monoisotopic (exact) mass is 1020 g/mol. The van der Waals surface area contributed by atoms with Crippen LogP contribution in [-0.4, -0.2) is 0 Å². The second-order valence-corrected chi connectivity index (χ2v) is 24.5. The number of hydrogen-bond acceptors (Lipinski definition) is 2. The standard InChI is InChI=1S/C64H64Br2N2/c1-61(2,3)41-13-23-47(24-14-41)67(49-27-19-45(65)20-28-49)51-31-35-55-56-36-32-52(68(50-29-21-46(66)22-30-50)48-25-15-42(16-26-48)62(4,5)6)40-60(56)58-38-44(64(10,11)12)18-34-54(58)53-33-17-43(63(7,8)9)37-57(53)59(55)39-51/h13-40H,1-12H3. The summed E-state index contributed by atoms with van der Waals surface area (Å²) in [5.41, 5.74) is 21.6. The lowest BCUT2D eigenvalue weighted by Gasteiger charge is -2.31. The molecule has 1 aliphatic carbocycles. The number of halogens is 2. The van der Waals surface area contributed by atoms with Crippen LogP contribution in [0.15, 0.2) is 179 Å². The van der Waals surface area contributed by atoms with Gasteiger partial charge in [0.2, 0.25) is 0 Å². The molecule has 0 unspecified atom stereocenters. The first kappa shape index (κ1) is 47.4. The van der Waals surface area contributed by atoms with Gasteiger partial charge < -0.3 is 9.80 Å². The summed E-state index contributed by atoms with van der Waals surface area (Å²) in [7, 11) is 0. The zero-order valence-electron chi connectivity index (χ0n) is 41.8. The van der Waals surface area contributed by atoms with Crippen LogP contribution in [0.2, 0.25) is 0 Å². The van der Waals surface area contributed by atoms with E-state index < -0.39 is 0 Å². The average Bonchev–Trinajstić information content (AvgIpc) is 3.29. The zero-order chi connectivity index (χ0) is 48.5. The van der Waals surface area contributed by atoms with Crippen molar-refractivity contribution in [3.63, 3.8) is 0 Å². The van der Waals surface area contributed by atoms with E-state index in [-0.39, 0.29) is 21.7 Å². The number of benzene rings is 8. The average molecular weight is 1020 g/mol. The van der Waals surface area contributed by atoms with Crippen LogP contribution in [0.1, 0.15) is 105 Å². The fraction of sp³-hybridized carbons (Fsp3) is 0.250. The lowest BCUT2D eigenvalue weighted by molar-refractivity contribution is 0.590. The van der Waals surface area contributed by atoms with Gasteiger partial charge in [0.25, 0.3) is 0 Å². The molecule has 0 fully saturated rings. The smallest absolute Gasteiger partial charge is 0.0468 e. The number of anilines is 6. The van der Waals surface area contributed by atoms with Crippen molar-refractivity contribution in [2.45, 2.75) is 105 Å². The van der Waals surface area contributed by atoms with Gasteiger partial charge in [-0.15, -0.1) is 0 Å². The molecule has 0 saturated carbocycles. The van der Waals surface area contributed by atoms with Crippen LogP contribution in [0.5, 0.6) is 0 Å². The second-order valence-electron chi connectivity index (χ2n) is 22.7. The quantitative estimate of drug-likeness (QED) is 0.164. The Kier molecular flexibility index (Phi) is 12.3. The summed E-state index contributed by atoms with van der Waals surface area (Å²) >= 11 is 7.44. The highest BCUT2D eigenvalue weighted by molar-refractivity contribution is 9.10. The van der Waals surface area contributed by atoms with Crippen LogP contribution in [0.3, 0.4) is 0 Å². The van der Waals surface area contributed by atoms with Crippen molar-refractivity contribution in [1.29, 1.82) is 0 Å². The Morgan fingerprint density at radius 1 is 0.235 bits per heavy atom. The Bertz CT molecular complexity index is 2920. The third kappa shape index (κ3) is 9.39. The fourth-order valence-corrected chi connectivity index (χ4v) is 10.0. The molecule has 344 valence electrons. The maximum atomic E-state index is 3.72. The van der Waals surface area contributed by atoms with Crippen LogP contribution in [0.25, 0.3) is 44.5 Å². The van der Waals surface area contributed by atoms with Crippen molar-refractivity contribution in [2.75, 3.05) is 9.80 Å². The largest absolute Gasteiger partial charge is 0.310 e. The molecule has 0 heterocycles. The van der Waals surface area contributed by atoms with E-state index in [0.717, 1.165) is 43.1 Å². The molecule has 0 spiro atoms. The first-order chi connectivity index (χ1) is 32.0. The molecule has 0 saturated heterocycles. The van der Waals surface area contributed by atoms with Gasteiger partial charge in [0.15, 0.2) is 0 Å². The molecule has 9 rings (SSSR count). The molecule has 68 heavy (non-hydrogen) atoms. The molecule has 1 aliphatic rings. The minimum Gasteiger partial charge on any atom is -0.310 e. The third-order valence-electron chi connectivity index (χ3n) is 13.6. The summed E-state index contributed by atoms with van der Waals surface area (Å²) in [5, 5.41) is 0. The van der Waals surface area contributed by atoms with Crippen LogP contribution in [-0.2, 0) is 21.7 Å². The van der Waals surface area contributed by atoms with E-state index in [9.17, 15) is 0 Å². The summed E-state index contributed by atoms with van der Waals surface area (Å²) in [6, 6.07) is 64.3. The highest BCUT2D eigenvalue weighted by atomic mass is 79.9. The molecule has 4 heteroatoms. The van der Waals surface area contributed by atoms with Crippen molar-refractivity contribution in [2.24, 2.45) is 0 Å². The van der Waals surface area contributed by atoms with Crippen LogP contribution in [0, 0.1) is 0 Å². The lowest BCUT2D eigenvalue weighted by Crippen LogP contribution is -2.14. The highest BCUT2D eigenvalue weighted by Gasteiger charge is 2.29. The molecule has 8 aromatic carbocycles. The van der Waals surface area contributed by atoms with Crippen LogP contribution < -0.4 is 9.80 Å². The van der Waals surface area contributed by atoms with Gasteiger partial charge in [0, 0.05) is 43.1 Å². The normalized spacial score (nSPS) is 12.6. The molecule has 0 aromatic heterocycles. The van der Waals surface area contributed by atoms with Gasteiger partial charge in [-0.2, -0.15) is 0 Å². The highest BCUT2D eigenvalue weighted by Crippen LogP contribution is 2.53. The molecule has 0 N–H and O–H groups in total. The second kappa shape index (κ2) is 17.7. The number of fused-ring (bicyclic) bond motifs is 8. The van der Waals surface area contributed by atoms with Gasteiger partial charge in [-0.05, 0) is 198 Å². The predicted molar refractivity (Wildman–Crippen MR) is 301 cm³/mol. The number of hydrogen-bond donors (Lipinski definition) is 0. The topological polar surface area (TPSA) is 6.48 Å². The molecular formula is C64H64Br2N2. The predicted octanol–water partition coefficient (Wildman–Crippen LogP) is 20.3. The van der Waals surface area contributed by atoms with E-state index >= 15 is 0 Å². The third-order valence-corrected chi connectivity index (χ3v) is 14.7. The van der Waals surface area contributed by atoms with E-state index in [1.807, 2.05) is 0 Å². The fourth-order valence-electron chi connectivity index (χ4n) is 9.49. The Labute approximate surface area is 423 Å². The van der Waals surface area contributed by atoms with Gasteiger partial charge in [0.05, 0.1) is 0 Å². The molecule has 0 atom stereocenters. The van der Waals surface area contributed by atoms with E-state index in [0.29, 0.717) is 0 Å². The Hall–Kier alpha value is -5.68. The van der Waals surface area contributed by atoms with Gasteiger partial charge in [-0.3, -0.25) is 0 Å². The Morgan fingerprint density at radius 3 is 0.735 bits per heavy atom. The summed E-state index contributed by atoms with van der Waals surface area (Å²) in [6.45, 7) is 27.6. The van der Waals surface area contributed by atoms with Gasteiger partial charge >= 0.3 is 0 Å². The van der Waals surface area contributed by atoms with Crippen LogP contribution in [0.4, 0.5) is 34.1 Å². The van der Waals surface area contributed by atoms with Crippen molar-refractivity contribution >= 4 is 66.0 Å². The van der Waals surface area contributed by atoms with Gasteiger partial charge in [-0.1, -0.05) is 176 Å². The van der Waals surface area contributed by atoms with Gasteiger partial charge in [0.1, 0.15) is 0 Å². The molecule has 2 nitrogen and oxygen atoms in total. The van der Waals surface area contributed by atoms with Crippen LogP contribution >= 0.6 is 31.9 Å². The minimum absolute atomic E-state index is 0.0430. The first-order valence-corrected chi connectivity index (χ1v) is 25.5.